The van der Waals surface area contributed by atoms with Crippen LogP contribution in [0.25, 0.3) is 10.2 Å². The first-order valence-electron chi connectivity index (χ1n) is 10.1. The molecular weight excluding hydrogens is 360 g/mol. The van der Waals surface area contributed by atoms with E-state index in [1.807, 2.05) is 6.20 Å². The number of fused-ring (bicyclic) bond motifs is 1. The Morgan fingerprint density at radius 3 is 3.11 bits per heavy atom. The highest BCUT2D eigenvalue weighted by atomic mass is 32.1. The zero-order valence-corrected chi connectivity index (χ0v) is 16.4. The van der Waals surface area contributed by atoms with Gasteiger partial charge < -0.3 is 14.5 Å². The van der Waals surface area contributed by atoms with E-state index in [-0.39, 0.29) is 11.6 Å². The Kier molecular flexibility index (Phi) is 4.52. The number of carbonyl (C=O) groups excluding carboxylic acids is 1. The molecule has 0 aliphatic carbocycles. The van der Waals surface area contributed by atoms with Crippen LogP contribution in [0.1, 0.15) is 44.9 Å². The lowest BCUT2D eigenvalue weighted by Gasteiger charge is -2.39. The largest absolute Gasteiger partial charge is 0.376 e. The SMILES string of the molecule is O=C1CC[C@@]2(CCCN(c3ncc4sccc4n3)CC2)N1C[C@H]1CCCO1. The summed E-state index contributed by atoms with van der Waals surface area (Å²) in [6, 6.07) is 2.06. The summed E-state index contributed by atoms with van der Waals surface area (Å²) >= 11 is 1.68. The molecule has 2 aromatic rings. The van der Waals surface area contributed by atoms with E-state index in [1.165, 1.54) is 0 Å². The second kappa shape index (κ2) is 7.02. The van der Waals surface area contributed by atoms with E-state index in [1.54, 1.807) is 11.3 Å². The number of carbonyl (C=O) groups is 1. The highest BCUT2D eigenvalue weighted by Crippen LogP contribution is 2.40. The maximum Gasteiger partial charge on any atom is 0.225 e. The van der Waals surface area contributed by atoms with Crippen LogP contribution in [0.2, 0.25) is 0 Å². The first-order chi connectivity index (χ1) is 13.2. The van der Waals surface area contributed by atoms with Crippen LogP contribution in [0, 0.1) is 0 Å². The summed E-state index contributed by atoms with van der Waals surface area (Å²) in [5.74, 6) is 1.14. The van der Waals surface area contributed by atoms with Crippen molar-refractivity contribution in [3.63, 3.8) is 0 Å². The molecule has 3 saturated heterocycles. The van der Waals surface area contributed by atoms with Crippen molar-refractivity contribution in [3.8, 4) is 0 Å². The van der Waals surface area contributed by atoms with Gasteiger partial charge in [-0.2, -0.15) is 0 Å². The van der Waals surface area contributed by atoms with Gasteiger partial charge in [-0.05, 0) is 50.0 Å². The second-order valence-electron chi connectivity index (χ2n) is 8.04. The summed E-state index contributed by atoms with van der Waals surface area (Å²) in [7, 11) is 0. The summed E-state index contributed by atoms with van der Waals surface area (Å²) in [6.45, 7) is 3.48. The van der Waals surface area contributed by atoms with E-state index in [0.29, 0.717) is 12.3 Å². The third-order valence-corrected chi connectivity index (χ3v) is 7.32. The predicted octanol–water partition coefficient (Wildman–Crippen LogP) is 3.22. The van der Waals surface area contributed by atoms with Gasteiger partial charge in [-0.1, -0.05) is 0 Å². The van der Waals surface area contributed by atoms with Gasteiger partial charge in [0.1, 0.15) is 0 Å². The molecule has 27 heavy (non-hydrogen) atoms. The smallest absolute Gasteiger partial charge is 0.225 e. The molecule has 2 aromatic heterocycles. The molecule has 3 aliphatic rings. The van der Waals surface area contributed by atoms with E-state index in [4.69, 9.17) is 9.72 Å². The number of hydrogen-bond acceptors (Lipinski definition) is 6. The highest BCUT2D eigenvalue weighted by molar-refractivity contribution is 7.17. The average Bonchev–Trinajstić information content (AvgIpc) is 3.38. The molecule has 6 nitrogen and oxygen atoms in total. The number of hydrogen-bond donors (Lipinski definition) is 0. The lowest BCUT2D eigenvalue weighted by molar-refractivity contribution is -0.133. The van der Waals surface area contributed by atoms with Gasteiger partial charge in [-0.3, -0.25) is 4.79 Å². The summed E-state index contributed by atoms with van der Waals surface area (Å²) in [6.07, 6.45) is 9.18. The Balaban J connectivity index is 1.33. The van der Waals surface area contributed by atoms with Crippen LogP contribution in [0.4, 0.5) is 5.95 Å². The fraction of sp³-hybridized carbons (Fsp3) is 0.650. The molecule has 1 amide bonds. The van der Waals surface area contributed by atoms with E-state index in [9.17, 15) is 4.79 Å². The Morgan fingerprint density at radius 1 is 1.26 bits per heavy atom. The van der Waals surface area contributed by atoms with Gasteiger partial charge in [0.2, 0.25) is 11.9 Å². The van der Waals surface area contributed by atoms with Crippen LogP contribution in [0.15, 0.2) is 17.6 Å². The topological polar surface area (TPSA) is 58.6 Å². The molecule has 0 unspecified atom stereocenters. The quantitative estimate of drug-likeness (QED) is 0.811. The van der Waals surface area contributed by atoms with Gasteiger partial charge in [0.25, 0.3) is 0 Å². The molecule has 0 radical (unpaired) electrons. The molecule has 0 aromatic carbocycles. The van der Waals surface area contributed by atoms with E-state index in [0.717, 1.165) is 80.9 Å². The van der Waals surface area contributed by atoms with Gasteiger partial charge in [0.15, 0.2) is 0 Å². The number of nitrogens with zero attached hydrogens (tertiary/aromatic N) is 4. The Labute approximate surface area is 163 Å². The third kappa shape index (κ3) is 3.21. The number of aromatic nitrogens is 2. The molecule has 0 saturated carbocycles. The zero-order valence-electron chi connectivity index (χ0n) is 15.6. The molecule has 144 valence electrons. The minimum Gasteiger partial charge on any atom is -0.376 e. The van der Waals surface area contributed by atoms with Crippen LogP contribution >= 0.6 is 11.3 Å². The monoisotopic (exact) mass is 386 g/mol. The molecular formula is C20H26N4O2S. The number of rotatable bonds is 3. The van der Waals surface area contributed by atoms with E-state index < -0.39 is 0 Å². The van der Waals surface area contributed by atoms with E-state index in [2.05, 4.69) is 26.2 Å². The van der Waals surface area contributed by atoms with Crippen molar-refractivity contribution in [1.82, 2.24) is 14.9 Å². The van der Waals surface area contributed by atoms with Gasteiger partial charge >= 0.3 is 0 Å². The number of anilines is 1. The van der Waals surface area contributed by atoms with Crippen molar-refractivity contribution in [1.29, 1.82) is 0 Å². The van der Waals surface area contributed by atoms with Gasteiger partial charge in [-0.25, -0.2) is 9.97 Å². The van der Waals surface area contributed by atoms with Crippen LogP contribution in [0.3, 0.4) is 0 Å². The zero-order chi connectivity index (χ0) is 18.3. The predicted molar refractivity (Wildman–Crippen MR) is 106 cm³/mol. The van der Waals surface area contributed by atoms with E-state index >= 15 is 0 Å². The van der Waals surface area contributed by atoms with Crippen molar-refractivity contribution < 1.29 is 9.53 Å². The summed E-state index contributed by atoms with van der Waals surface area (Å²) in [5, 5.41) is 2.06. The summed E-state index contributed by atoms with van der Waals surface area (Å²) in [4.78, 5) is 26.5. The normalized spacial score (nSPS) is 29.2. The molecule has 5 rings (SSSR count). The van der Waals surface area contributed by atoms with Crippen LogP contribution in [0.5, 0.6) is 0 Å². The Bertz CT molecular complexity index is 834. The molecule has 7 heteroatoms. The fourth-order valence-electron chi connectivity index (χ4n) is 4.97. The van der Waals surface area contributed by atoms with Crippen LogP contribution in [-0.4, -0.2) is 58.7 Å². The number of likely N-dealkylation sites (tertiary alicyclic amines) is 1. The standard InChI is InChI=1S/C20H26N4O2S/c25-18-4-7-20(24(18)14-15-3-1-11-26-15)6-2-9-23(10-8-20)19-21-13-17-16(22-19)5-12-27-17/h5,12-13,15H,1-4,6-11,14H2/t15-,20-/m1/s1. The molecule has 0 bridgehead atoms. The number of thiophene rings is 1. The maximum atomic E-state index is 12.6. The maximum absolute atomic E-state index is 12.6. The molecule has 1 spiro atoms. The van der Waals surface area contributed by atoms with Gasteiger partial charge in [-0.15, -0.1) is 11.3 Å². The van der Waals surface area contributed by atoms with Crippen molar-refractivity contribution >= 4 is 33.4 Å². The summed E-state index contributed by atoms with van der Waals surface area (Å²) in [5.41, 5.74) is 1.03. The minimum atomic E-state index is 0.00423. The van der Waals surface area contributed by atoms with Gasteiger partial charge in [0.05, 0.1) is 22.5 Å². The van der Waals surface area contributed by atoms with Crippen molar-refractivity contribution in [2.45, 2.75) is 56.6 Å². The molecule has 2 atom stereocenters. The number of ether oxygens (including phenoxy) is 1. The first kappa shape index (κ1) is 17.4. The third-order valence-electron chi connectivity index (χ3n) is 6.48. The fourth-order valence-corrected chi connectivity index (χ4v) is 5.66. The lowest BCUT2D eigenvalue weighted by Crippen LogP contribution is -2.49. The second-order valence-corrected chi connectivity index (χ2v) is 8.99. The average molecular weight is 387 g/mol. The highest BCUT2D eigenvalue weighted by Gasteiger charge is 2.46. The Morgan fingerprint density at radius 2 is 2.22 bits per heavy atom. The van der Waals surface area contributed by atoms with Crippen molar-refractivity contribution in [3.05, 3.63) is 17.6 Å². The molecule has 3 aliphatic heterocycles. The summed E-state index contributed by atoms with van der Waals surface area (Å²) < 4.78 is 6.96. The molecule has 3 fully saturated rings. The molecule has 5 heterocycles. The van der Waals surface area contributed by atoms with Crippen molar-refractivity contribution in [2.75, 3.05) is 31.1 Å². The number of amides is 1. The lowest BCUT2D eigenvalue weighted by atomic mass is 9.87. The van der Waals surface area contributed by atoms with Gasteiger partial charge in [0, 0.05) is 38.2 Å². The molecule has 0 N–H and O–H groups in total. The minimum absolute atomic E-state index is 0.00423. The Hall–Kier alpha value is -1.73. The van der Waals surface area contributed by atoms with Crippen LogP contribution in [-0.2, 0) is 9.53 Å². The van der Waals surface area contributed by atoms with Crippen molar-refractivity contribution in [2.24, 2.45) is 0 Å². The first-order valence-corrected chi connectivity index (χ1v) is 11.0. The van der Waals surface area contributed by atoms with Crippen LogP contribution < -0.4 is 4.90 Å².